The average Bonchev–Trinajstić information content (AvgIpc) is 2.47. The van der Waals surface area contributed by atoms with Crippen molar-refractivity contribution in [3.8, 4) is 5.75 Å². The Morgan fingerprint density at radius 2 is 2.15 bits per heavy atom. The first-order valence-corrected chi connectivity index (χ1v) is 6.25. The first-order chi connectivity index (χ1) is 9.61. The van der Waals surface area contributed by atoms with Crippen molar-refractivity contribution in [2.45, 2.75) is 6.54 Å². The van der Waals surface area contributed by atoms with Gasteiger partial charge in [0, 0.05) is 19.8 Å². The molecular weight excluding hydrogens is 252 g/mol. The Labute approximate surface area is 118 Å². The maximum absolute atomic E-state index is 7.58. The molecule has 3 N–H and O–H groups in total. The summed E-state index contributed by atoms with van der Waals surface area (Å²) in [6.45, 7) is 0.684. The molecule has 0 atom stereocenters. The molecule has 0 saturated heterocycles. The minimum absolute atomic E-state index is 0.0295. The first-order valence-electron chi connectivity index (χ1n) is 6.25. The lowest BCUT2D eigenvalue weighted by molar-refractivity contribution is 0.414. The maximum atomic E-state index is 7.58. The van der Waals surface area contributed by atoms with Crippen LogP contribution in [0.5, 0.6) is 5.75 Å². The summed E-state index contributed by atoms with van der Waals surface area (Å²) in [6.07, 6.45) is 1.64. The van der Waals surface area contributed by atoms with Crippen molar-refractivity contribution in [3.05, 3.63) is 53.9 Å². The Balaban J connectivity index is 2.23. The Morgan fingerprint density at radius 3 is 2.85 bits per heavy atom. The molecule has 2 rings (SSSR count). The van der Waals surface area contributed by atoms with Crippen LogP contribution in [0.1, 0.15) is 11.3 Å². The van der Waals surface area contributed by atoms with Gasteiger partial charge >= 0.3 is 0 Å². The number of ether oxygens (including phenoxy) is 1. The molecule has 0 aliphatic heterocycles. The van der Waals surface area contributed by atoms with Gasteiger partial charge in [0.15, 0.2) is 0 Å². The average molecular weight is 270 g/mol. The van der Waals surface area contributed by atoms with Crippen LogP contribution in [-0.2, 0) is 6.54 Å². The lowest BCUT2D eigenvalue weighted by atomic mass is 10.2. The highest BCUT2D eigenvalue weighted by Gasteiger charge is 2.11. The highest BCUT2D eigenvalue weighted by Crippen LogP contribution is 2.20. The fourth-order valence-electron chi connectivity index (χ4n) is 2.04. The monoisotopic (exact) mass is 270 g/mol. The van der Waals surface area contributed by atoms with Crippen LogP contribution in [0.3, 0.4) is 0 Å². The predicted octanol–water partition coefficient (Wildman–Crippen LogP) is 2.01. The summed E-state index contributed by atoms with van der Waals surface area (Å²) >= 11 is 0. The Bertz CT molecular complexity index is 612. The lowest BCUT2D eigenvalue weighted by Gasteiger charge is -2.21. The second kappa shape index (κ2) is 6.06. The van der Waals surface area contributed by atoms with Gasteiger partial charge in [0.05, 0.1) is 12.8 Å². The minimum Gasteiger partial charge on any atom is -0.497 e. The van der Waals surface area contributed by atoms with Crippen LogP contribution in [-0.4, -0.2) is 25.0 Å². The van der Waals surface area contributed by atoms with E-state index in [-0.39, 0.29) is 5.84 Å². The zero-order valence-corrected chi connectivity index (χ0v) is 11.6. The molecule has 20 heavy (non-hydrogen) atoms. The molecular formula is C15H18N4O. The van der Waals surface area contributed by atoms with Gasteiger partial charge in [0.1, 0.15) is 17.3 Å². The number of nitrogens with zero attached hydrogens (tertiary/aromatic N) is 2. The van der Waals surface area contributed by atoms with E-state index in [2.05, 4.69) is 4.98 Å². The van der Waals surface area contributed by atoms with E-state index < -0.39 is 0 Å². The number of anilines is 1. The van der Waals surface area contributed by atoms with E-state index >= 15 is 0 Å². The van der Waals surface area contributed by atoms with Gasteiger partial charge in [-0.2, -0.15) is 0 Å². The maximum Gasteiger partial charge on any atom is 0.143 e. The molecule has 0 unspecified atom stereocenters. The number of amidine groups is 1. The number of hydrogen-bond donors (Lipinski definition) is 2. The van der Waals surface area contributed by atoms with Crippen molar-refractivity contribution < 1.29 is 4.74 Å². The Hall–Kier alpha value is -2.56. The number of nitrogen functional groups attached to an aromatic ring is 1. The van der Waals surface area contributed by atoms with Crippen molar-refractivity contribution in [2.75, 3.05) is 19.1 Å². The predicted molar refractivity (Wildman–Crippen MR) is 80.4 cm³/mol. The molecule has 5 nitrogen and oxygen atoms in total. The molecule has 0 radical (unpaired) electrons. The minimum atomic E-state index is -0.0295. The zero-order valence-electron chi connectivity index (χ0n) is 11.6. The van der Waals surface area contributed by atoms with Crippen LogP contribution in [0.4, 0.5) is 5.69 Å². The molecule has 0 aliphatic rings. The van der Waals surface area contributed by atoms with Gasteiger partial charge in [-0.05, 0) is 29.8 Å². The zero-order chi connectivity index (χ0) is 14.5. The molecule has 0 fully saturated rings. The fourth-order valence-corrected chi connectivity index (χ4v) is 2.04. The summed E-state index contributed by atoms with van der Waals surface area (Å²) in [6, 6.07) is 11.6. The number of methoxy groups -OCH3 is 1. The van der Waals surface area contributed by atoms with Crippen LogP contribution in [0.15, 0.2) is 42.6 Å². The van der Waals surface area contributed by atoms with E-state index in [1.54, 1.807) is 13.3 Å². The molecule has 1 aromatic heterocycles. The van der Waals surface area contributed by atoms with E-state index in [4.69, 9.17) is 15.9 Å². The number of pyridine rings is 1. The lowest BCUT2D eigenvalue weighted by Crippen LogP contribution is -2.23. The first kappa shape index (κ1) is 13.9. The third kappa shape index (κ3) is 3.06. The second-order valence-corrected chi connectivity index (χ2v) is 4.49. The quantitative estimate of drug-likeness (QED) is 0.643. The molecule has 104 valence electrons. The van der Waals surface area contributed by atoms with Gasteiger partial charge in [-0.25, -0.2) is 0 Å². The molecule has 2 aromatic rings. The highest BCUT2D eigenvalue weighted by atomic mass is 16.5. The van der Waals surface area contributed by atoms with E-state index in [9.17, 15) is 0 Å². The molecule has 0 saturated carbocycles. The highest BCUT2D eigenvalue weighted by molar-refractivity contribution is 5.98. The molecule has 1 aromatic carbocycles. The normalized spacial score (nSPS) is 10.1. The van der Waals surface area contributed by atoms with Crippen molar-refractivity contribution in [1.29, 1.82) is 5.41 Å². The number of nitrogens with two attached hydrogens (primary N) is 1. The number of hydrogen-bond acceptors (Lipinski definition) is 4. The van der Waals surface area contributed by atoms with Crippen LogP contribution in [0.25, 0.3) is 0 Å². The van der Waals surface area contributed by atoms with Gasteiger partial charge in [0.2, 0.25) is 0 Å². The van der Waals surface area contributed by atoms with E-state index in [1.165, 1.54) is 0 Å². The third-order valence-corrected chi connectivity index (χ3v) is 3.01. The summed E-state index contributed by atoms with van der Waals surface area (Å²) in [5, 5.41) is 7.58. The standard InChI is InChI=1S/C15H18N4O/c1-19(10-11-5-3-6-12(9-11)20-2)13-7-4-8-18-14(13)15(16)17/h3-9H,10H2,1-2H3,(H3,16,17). The number of nitrogens with one attached hydrogen (secondary N) is 1. The van der Waals surface area contributed by atoms with Crippen molar-refractivity contribution >= 4 is 11.5 Å². The van der Waals surface area contributed by atoms with Crippen LogP contribution >= 0.6 is 0 Å². The van der Waals surface area contributed by atoms with Crippen LogP contribution in [0, 0.1) is 5.41 Å². The van der Waals surface area contributed by atoms with E-state index in [0.717, 1.165) is 17.0 Å². The number of benzene rings is 1. The summed E-state index contributed by atoms with van der Waals surface area (Å²) in [5.74, 6) is 0.798. The summed E-state index contributed by atoms with van der Waals surface area (Å²) < 4.78 is 5.22. The van der Waals surface area contributed by atoms with Crippen molar-refractivity contribution in [1.82, 2.24) is 4.98 Å². The topological polar surface area (TPSA) is 75.2 Å². The summed E-state index contributed by atoms with van der Waals surface area (Å²) in [5.41, 5.74) is 8.02. The largest absolute Gasteiger partial charge is 0.497 e. The van der Waals surface area contributed by atoms with Gasteiger partial charge in [-0.3, -0.25) is 10.4 Å². The molecule has 0 amide bonds. The number of aromatic nitrogens is 1. The van der Waals surface area contributed by atoms with Crippen molar-refractivity contribution in [3.63, 3.8) is 0 Å². The van der Waals surface area contributed by atoms with Crippen LogP contribution < -0.4 is 15.4 Å². The Morgan fingerprint density at radius 1 is 1.35 bits per heavy atom. The van der Waals surface area contributed by atoms with E-state index in [0.29, 0.717) is 12.2 Å². The third-order valence-electron chi connectivity index (χ3n) is 3.01. The van der Waals surface area contributed by atoms with E-state index in [1.807, 2.05) is 48.3 Å². The fraction of sp³-hybridized carbons (Fsp3) is 0.200. The molecule has 0 bridgehead atoms. The molecule has 0 spiro atoms. The smallest absolute Gasteiger partial charge is 0.143 e. The SMILES string of the molecule is COc1cccc(CN(C)c2cccnc2C(=N)N)c1. The Kier molecular flexibility index (Phi) is 4.20. The second-order valence-electron chi connectivity index (χ2n) is 4.49. The number of rotatable bonds is 5. The van der Waals surface area contributed by atoms with Crippen molar-refractivity contribution in [2.24, 2.45) is 5.73 Å². The van der Waals surface area contributed by atoms with Gasteiger partial charge in [-0.15, -0.1) is 0 Å². The summed E-state index contributed by atoms with van der Waals surface area (Å²) in [4.78, 5) is 6.17. The van der Waals surface area contributed by atoms with Gasteiger partial charge in [-0.1, -0.05) is 12.1 Å². The molecule has 0 aliphatic carbocycles. The summed E-state index contributed by atoms with van der Waals surface area (Å²) in [7, 11) is 3.60. The van der Waals surface area contributed by atoms with Gasteiger partial charge < -0.3 is 15.4 Å². The van der Waals surface area contributed by atoms with Crippen LogP contribution in [0.2, 0.25) is 0 Å². The molecule has 5 heteroatoms. The van der Waals surface area contributed by atoms with Gasteiger partial charge in [0.25, 0.3) is 0 Å². The molecule has 1 heterocycles.